The van der Waals surface area contributed by atoms with Gasteiger partial charge in [0.05, 0.1) is 21.9 Å². The minimum atomic E-state index is -0.436. The average molecular weight is 358 g/mol. The minimum absolute atomic E-state index is 0.247. The number of hydrogen-bond acceptors (Lipinski definition) is 4. The molecule has 4 nitrogen and oxygen atoms in total. The molecule has 7 heteroatoms. The highest BCUT2D eigenvalue weighted by atomic mass is 32.2. The number of amides is 1. The Balaban J connectivity index is 2.24. The van der Waals surface area contributed by atoms with E-state index in [-0.39, 0.29) is 5.24 Å². The summed E-state index contributed by atoms with van der Waals surface area (Å²) in [7, 11) is 3.26. The standard InChI is InChI=1S/C17H12FN3OS2/c1-21(2)17(22)23-16-13(18)7-12-9-20-24-15(12)14(16)11-5-3-10(8-19)4-6-11/h3-7,9H,1-2H3/p+1. The van der Waals surface area contributed by atoms with Crippen LogP contribution >= 0.6 is 23.3 Å². The molecule has 0 aliphatic heterocycles. The molecule has 3 rings (SSSR count). The highest BCUT2D eigenvalue weighted by Gasteiger charge is 2.22. The van der Waals surface area contributed by atoms with Crippen molar-refractivity contribution in [2.75, 3.05) is 14.1 Å². The van der Waals surface area contributed by atoms with E-state index in [2.05, 4.69) is 10.4 Å². The lowest BCUT2D eigenvalue weighted by molar-refractivity contribution is -0.287. The monoisotopic (exact) mass is 358 g/mol. The van der Waals surface area contributed by atoms with Gasteiger partial charge in [0.1, 0.15) is 22.0 Å². The molecule has 1 heterocycles. The van der Waals surface area contributed by atoms with Gasteiger partial charge >= 0.3 is 0 Å². The van der Waals surface area contributed by atoms with Gasteiger partial charge in [-0.15, -0.1) is 0 Å². The van der Waals surface area contributed by atoms with Crippen molar-refractivity contribution in [1.82, 2.24) is 4.90 Å². The molecule has 120 valence electrons. The Kier molecular flexibility index (Phi) is 4.51. The Morgan fingerprint density at radius 1 is 1.33 bits per heavy atom. The molecule has 0 spiro atoms. The Hall–Kier alpha value is -2.43. The number of rotatable bonds is 2. The highest BCUT2D eigenvalue weighted by Crippen LogP contribution is 2.41. The van der Waals surface area contributed by atoms with E-state index in [4.69, 9.17) is 5.26 Å². The topological polar surface area (TPSA) is 58.2 Å². The summed E-state index contributed by atoms with van der Waals surface area (Å²) in [5, 5.41) is 9.45. The quantitative estimate of drug-likeness (QED) is 0.646. The van der Waals surface area contributed by atoms with Crippen LogP contribution in [0.25, 0.3) is 21.2 Å². The molecule has 24 heavy (non-hydrogen) atoms. The zero-order chi connectivity index (χ0) is 17.3. The first-order chi connectivity index (χ1) is 11.5. The van der Waals surface area contributed by atoms with Gasteiger partial charge in [0.2, 0.25) is 0 Å². The summed E-state index contributed by atoms with van der Waals surface area (Å²) in [5.74, 6) is -0.436. The van der Waals surface area contributed by atoms with Gasteiger partial charge in [-0.05, 0) is 35.5 Å². The average Bonchev–Trinajstić information content (AvgIpc) is 3.03. The Morgan fingerprint density at radius 3 is 2.67 bits per heavy atom. The van der Waals surface area contributed by atoms with E-state index in [0.29, 0.717) is 16.0 Å². The second-order valence-electron chi connectivity index (χ2n) is 5.30. The largest absolute Gasteiger partial charge is 0.339 e. The van der Waals surface area contributed by atoms with Crippen LogP contribution in [0.4, 0.5) is 9.18 Å². The maximum Gasteiger partial charge on any atom is 0.286 e. The van der Waals surface area contributed by atoms with Crippen LogP contribution in [-0.2, 0) is 0 Å². The second-order valence-corrected chi connectivity index (χ2v) is 7.11. The molecule has 0 bridgehead atoms. The summed E-state index contributed by atoms with van der Waals surface area (Å²) in [6, 6.07) is 10.4. The van der Waals surface area contributed by atoms with E-state index in [1.165, 1.54) is 22.5 Å². The van der Waals surface area contributed by atoms with Crippen molar-refractivity contribution in [3.05, 3.63) is 47.9 Å². The fraction of sp³-hybridized carbons (Fsp3) is 0.118. The lowest BCUT2D eigenvalue weighted by Gasteiger charge is -2.13. The molecule has 0 radical (unpaired) electrons. The first-order valence-corrected chi connectivity index (χ1v) is 8.66. The predicted octanol–water partition coefficient (Wildman–Crippen LogP) is 4.17. The predicted molar refractivity (Wildman–Crippen MR) is 93.4 cm³/mol. The number of aromatic nitrogens is 1. The molecule has 2 aromatic carbocycles. The zero-order valence-electron chi connectivity index (χ0n) is 13.0. The molecule has 0 saturated heterocycles. The number of aromatic amines is 1. The van der Waals surface area contributed by atoms with Crippen molar-refractivity contribution in [1.29, 1.82) is 5.26 Å². The fourth-order valence-electron chi connectivity index (χ4n) is 2.26. The van der Waals surface area contributed by atoms with E-state index < -0.39 is 5.82 Å². The van der Waals surface area contributed by atoms with Gasteiger partial charge in [0, 0.05) is 19.7 Å². The van der Waals surface area contributed by atoms with Crippen LogP contribution in [0.15, 0.2) is 41.4 Å². The van der Waals surface area contributed by atoms with E-state index in [1.54, 1.807) is 44.6 Å². The number of carbonyl (C=O) groups excluding carboxylic acids is 1. The number of nitrogens with zero attached hydrogens (tertiary/aromatic N) is 2. The summed E-state index contributed by atoms with van der Waals surface area (Å²) in [6.07, 6.45) is 1.73. The van der Waals surface area contributed by atoms with Gasteiger partial charge < -0.3 is 4.90 Å². The van der Waals surface area contributed by atoms with Crippen molar-refractivity contribution in [3.8, 4) is 17.2 Å². The summed E-state index contributed by atoms with van der Waals surface area (Å²) in [5.41, 5.74) is 1.96. The smallest absolute Gasteiger partial charge is 0.286 e. The van der Waals surface area contributed by atoms with Gasteiger partial charge in [0.25, 0.3) is 5.24 Å². The fourth-order valence-corrected chi connectivity index (χ4v) is 4.02. The van der Waals surface area contributed by atoms with Crippen molar-refractivity contribution in [2.45, 2.75) is 4.90 Å². The van der Waals surface area contributed by atoms with Crippen molar-refractivity contribution in [3.63, 3.8) is 0 Å². The third-order valence-corrected chi connectivity index (χ3v) is 5.47. The number of hydrogen-bond donors (Lipinski definition) is 0. The van der Waals surface area contributed by atoms with Gasteiger partial charge in [-0.3, -0.25) is 4.79 Å². The molecular weight excluding hydrogens is 345 g/mol. The number of nitrogens with one attached hydrogen (secondary N) is 1. The van der Waals surface area contributed by atoms with Gasteiger partial charge in [-0.1, -0.05) is 12.1 Å². The van der Waals surface area contributed by atoms with Crippen LogP contribution in [-0.4, -0.2) is 24.2 Å². The number of fused-ring (bicyclic) bond motifs is 1. The third-order valence-electron chi connectivity index (χ3n) is 3.45. The van der Waals surface area contributed by atoms with Crippen LogP contribution in [0.1, 0.15) is 5.56 Å². The molecule has 3 aromatic rings. The van der Waals surface area contributed by atoms with Gasteiger partial charge in [-0.2, -0.15) is 9.64 Å². The number of carbonyl (C=O) groups is 1. The Morgan fingerprint density at radius 2 is 2.04 bits per heavy atom. The van der Waals surface area contributed by atoms with Crippen LogP contribution in [0.3, 0.4) is 0 Å². The molecular formula is C17H13FN3OS2+. The van der Waals surface area contributed by atoms with E-state index in [9.17, 15) is 9.18 Å². The lowest BCUT2D eigenvalue weighted by Crippen LogP contribution is -2.16. The molecule has 0 saturated carbocycles. The molecule has 1 N–H and O–H groups in total. The molecule has 0 aliphatic carbocycles. The van der Waals surface area contributed by atoms with Gasteiger partial charge in [-0.25, -0.2) is 4.39 Å². The summed E-state index contributed by atoms with van der Waals surface area (Å²) in [6.45, 7) is 0. The molecule has 0 atom stereocenters. The third kappa shape index (κ3) is 2.98. The van der Waals surface area contributed by atoms with E-state index in [0.717, 1.165) is 27.4 Å². The normalized spacial score (nSPS) is 10.6. The Labute approximate surface area is 146 Å². The van der Waals surface area contributed by atoms with Crippen molar-refractivity contribution >= 4 is 38.6 Å². The first kappa shape index (κ1) is 16.4. The molecule has 1 aromatic heterocycles. The summed E-state index contributed by atoms with van der Waals surface area (Å²) in [4.78, 5) is 13.8. The Bertz CT molecular complexity index is 958. The number of halogens is 1. The molecule has 0 unspecified atom stereocenters. The maximum absolute atomic E-state index is 14.7. The number of H-pyrrole nitrogens is 1. The van der Waals surface area contributed by atoms with Crippen molar-refractivity contribution in [2.24, 2.45) is 0 Å². The summed E-state index contributed by atoms with van der Waals surface area (Å²) < 4.78 is 18.5. The minimum Gasteiger partial charge on any atom is -0.339 e. The maximum atomic E-state index is 14.7. The zero-order valence-corrected chi connectivity index (χ0v) is 14.6. The molecule has 0 fully saturated rings. The van der Waals surface area contributed by atoms with Gasteiger partial charge in [0.15, 0.2) is 6.20 Å². The van der Waals surface area contributed by atoms with Crippen LogP contribution < -0.4 is 4.37 Å². The van der Waals surface area contributed by atoms with Crippen LogP contribution in [0.2, 0.25) is 0 Å². The molecule has 0 aliphatic rings. The summed E-state index contributed by atoms with van der Waals surface area (Å²) >= 11 is 2.25. The van der Waals surface area contributed by atoms with E-state index >= 15 is 0 Å². The number of thioether (sulfide) groups is 1. The highest BCUT2D eigenvalue weighted by molar-refractivity contribution is 8.13. The van der Waals surface area contributed by atoms with E-state index in [1.807, 2.05) is 0 Å². The lowest BCUT2D eigenvalue weighted by atomic mass is 10.0. The van der Waals surface area contributed by atoms with Crippen LogP contribution in [0, 0.1) is 17.1 Å². The second kappa shape index (κ2) is 6.59. The SMILES string of the molecule is CN(C)C(=O)Sc1c(F)cc2c[nH+]sc2c1-c1ccc(C#N)cc1. The van der Waals surface area contributed by atoms with Crippen LogP contribution in [0.5, 0.6) is 0 Å². The molecule has 1 amide bonds. The number of nitriles is 1. The first-order valence-electron chi connectivity index (χ1n) is 7.03. The number of benzene rings is 2. The van der Waals surface area contributed by atoms with Crippen molar-refractivity contribution < 1.29 is 13.6 Å².